The van der Waals surface area contributed by atoms with Crippen molar-refractivity contribution < 1.29 is 15.0 Å². The van der Waals surface area contributed by atoms with Crippen molar-refractivity contribution in [2.45, 2.75) is 33.2 Å². The maximum Gasteiger partial charge on any atom is 0.338 e. The molecule has 0 saturated heterocycles. The van der Waals surface area contributed by atoms with Gasteiger partial charge in [0, 0.05) is 18.1 Å². The van der Waals surface area contributed by atoms with Gasteiger partial charge in [0.15, 0.2) is 0 Å². The number of rotatable bonds is 4. The summed E-state index contributed by atoms with van der Waals surface area (Å²) < 4.78 is 1.85. The first kappa shape index (κ1) is 13.6. The van der Waals surface area contributed by atoms with Crippen LogP contribution in [0, 0.1) is 6.92 Å². The SMILES string of the molecule is Cc1ccc2c(C(C)C)cn(CCO)c2c1C(=O)O. The summed E-state index contributed by atoms with van der Waals surface area (Å²) >= 11 is 0. The van der Waals surface area contributed by atoms with Gasteiger partial charge in [-0.3, -0.25) is 0 Å². The molecule has 0 bridgehead atoms. The molecule has 0 aliphatic heterocycles. The lowest BCUT2D eigenvalue weighted by Gasteiger charge is -2.08. The first-order chi connectivity index (χ1) is 8.97. The number of aliphatic hydroxyl groups is 1. The molecule has 0 atom stereocenters. The number of carbonyl (C=O) groups is 1. The van der Waals surface area contributed by atoms with E-state index in [2.05, 4.69) is 13.8 Å². The van der Waals surface area contributed by atoms with Crippen LogP contribution in [-0.4, -0.2) is 27.4 Å². The molecule has 0 radical (unpaired) electrons. The molecule has 0 fully saturated rings. The average Bonchev–Trinajstić information content (AvgIpc) is 2.68. The van der Waals surface area contributed by atoms with Crippen molar-refractivity contribution in [2.24, 2.45) is 0 Å². The number of carboxylic acids is 1. The Morgan fingerprint density at radius 2 is 2.05 bits per heavy atom. The van der Waals surface area contributed by atoms with Crippen LogP contribution in [0.5, 0.6) is 0 Å². The van der Waals surface area contributed by atoms with Crippen LogP contribution in [0.2, 0.25) is 0 Å². The van der Waals surface area contributed by atoms with Crippen molar-refractivity contribution in [3.8, 4) is 0 Å². The Morgan fingerprint density at radius 1 is 1.37 bits per heavy atom. The molecule has 4 heteroatoms. The quantitative estimate of drug-likeness (QED) is 0.889. The van der Waals surface area contributed by atoms with Crippen LogP contribution in [0.3, 0.4) is 0 Å². The van der Waals surface area contributed by atoms with Gasteiger partial charge in [-0.05, 0) is 24.0 Å². The van der Waals surface area contributed by atoms with E-state index in [9.17, 15) is 9.90 Å². The zero-order valence-corrected chi connectivity index (χ0v) is 11.5. The molecule has 4 nitrogen and oxygen atoms in total. The minimum absolute atomic E-state index is 0.00564. The first-order valence-corrected chi connectivity index (χ1v) is 6.43. The van der Waals surface area contributed by atoms with Gasteiger partial charge in [0.1, 0.15) is 0 Å². The first-order valence-electron chi connectivity index (χ1n) is 6.43. The Balaban J connectivity index is 2.86. The fraction of sp³-hybridized carbons (Fsp3) is 0.400. The van der Waals surface area contributed by atoms with Crippen LogP contribution in [-0.2, 0) is 6.54 Å². The van der Waals surface area contributed by atoms with Gasteiger partial charge in [-0.2, -0.15) is 0 Å². The third-order valence-electron chi connectivity index (χ3n) is 3.46. The maximum atomic E-state index is 11.5. The third kappa shape index (κ3) is 2.24. The number of hydrogen-bond acceptors (Lipinski definition) is 2. The van der Waals surface area contributed by atoms with Crippen LogP contribution < -0.4 is 0 Å². The van der Waals surface area contributed by atoms with Gasteiger partial charge in [-0.25, -0.2) is 4.79 Å². The van der Waals surface area contributed by atoms with Crippen molar-refractivity contribution >= 4 is 16.9 Å². The van der Waals surface area contributed by atoms with Crippen molar-refractivity contribution in [3.63, 3.8) is 0 Å². The van der Waals surface area contributed by atoms with Crippen LogP contribution in [0.15, 0.2) is 18.3 Å². The predicted octanol–water partition coefficient (Wildman–Crippen LogP) is 2.76. The summed E-state index contributed by atoms with van der Waals surface area (Å²) in [6, 6.07) is 3.82. The molecule has 2 rings (SSSR count). The van der Waals surface area contributed by atoms with E-state index in [1.54, 1.807) is 6.92 Å². The number of aliphatic hydroxyl groups excluding tert-OH is 1. The van der Waals surface area contributed by atoms with E-state index < -0.39 is 5.97 Å². The number of carboxylic acid groups (broad SMARTS) is 1. The number of benzene rings is 1. The second-order valence-corrected chi connectivity index (χ2v) is 5.11. The highest BCUT2D eigenvalue weighted by Gasteiger charge is 2.19. The summed E-state index contributed by atoms with van der Waals surface area (Å²) in [4.78, 5) is 11.5. The molecule has 102 valence electrons. The molecule has 0 aliphatic rings. The predicted molar refractivity (Wildman–Crippen MR) is 74.8 cm³/mol. The van der Waals surface area contributed by atoms with Gasteiger partial charge >= 0.3 is 5.97 Å². The van der Waals surface area contributed by atoms with Gasteiger partial charge < -0.3 is 14.8 Å². The molecule has 0 aliphatic carbocycles. The molecular weight excluding hydrogens is 242 g/mol. The lowest BCUT2D eigenvalue weighted by atomic mass is 9.99. The van der Waals surface area contributed by atoms with Crippen molar-refractivity contribution in [2.75, 3.05) is 6.61 Å². The lowest BCUT2D eigenvalue weighted by Crippen LogP contribution is -2.07. The van der Waals surface area contributed by atoms with Crippen molar-refractivity contribution in [1.29, 1.82) is 0 Å². The Kier molecular flexibility index (Phi) is 3.62. The summed E-state index contributed by atoms with van der Waals surface area (Å²) in [5.74, 6) is -0.609. The Labute approximate surface area is 112 Å². The number of hydrogen-bond donors (Lipinski definition) is 2. The molecule has 19 heavy (non-hydrogen) atoms. The summed E-state index contributed by atoms with van der Waals surface area (Å²) in [5.41, 5.74) is 2.90. The molecule has 2 N–H and O–H groups in total. The summed E-state index contributed by atoms with van der Waals surface area (Å²) in [6.07, 6.45) is 1.96. The molecule has 0 unspecified atom stereocenters. The maximum absolute atomic E-state index is 11.5. The van der Waals surface area contributed by atoms with E-state index in [-0.39, 0.29) is 6.61 Å². The van der Waals surface area contributed by atoms with E-state index in [0.29, 0.717) is 23.5 Å². The van der Waals surface area contributed by atoms with Crippen LogP contribution in [0.25, 0.3) is 10.9 Å². The molecule has 1 aromatic carbocycles. The number of nitrogens with zero attached hydrogens (tertiary/aromatic N) is 1. The molecule has 1 heterocycles. The highest BCUT2D eigenvalue weighted by Crippen LogP contribution is 2.31. The average molecular weight is 261 g/mol. The molecule has 2 aromatic rings. The molecular formula is C15H19NO3. The molecule has 0 saturated carbocycles. The van der Waals surface area contributed by atoms with E-state index in [0.717, 1.165) is 16.5 Å². The highest BCUT2D eigenvalue weighted by atomic mass is 16.4. The van der Waals surface area contributed by atoms with Crippen LogP contribution in [0.4, 0.5) is 0 Å². The van der Waals surface area contributed by atoms with E-state index in [4.69, 9.17) is 5.11 Å². The number of aromatic nitrogens is 1. The molecule has 1 aromatic heterocycles. The van der Waals surface area contributed by atoms with Gasteiger partial charge in [0.05, 0.1) is 17.7 Å². The molecule has 0 amide bonds. The fourth-order valence-corrected chi connectivity index (χ4v) is 2.54. The minimum Gasteiger partial charge on any atom is -0.478 e. The van der Waals surface area contributed by atoms with Crippen molar-refractivity contribution in [1.82, 2.24) is 4.57 Å². The summed E-state index contributed by atoms with van der Waals surface area (Å²) in [7, 11) is 0. The topological polar surface area (TPSA) is 62.5 Å². The number of fused-ring (bicyclic) bond motifs is 1. The van der Waals surface area contributed by atoms with Gasteiger partial charge in [0.25, 0.3) is 0 Å². The Morgan fingerprint density at radius 3 is 2.58 bits per heavy atom. The number of aryl methyl sites for hydroxylation is 1. The molecule has 0 spiro atoms. The van der Waals surface area contributed by atoms with E-state index in [1.165, 1.54) is 0 Å². The zero-order valence-electron chi connectivity index (χ0n) is 11.5. The minimum atomic E-state index is -0.921. The zero-order chi connectivity index (χ0) is 14.2. The number of aromatic carboxylic acids is 1. The lowest BCUT2D eigenvalue weighted by molar-refractivity contribution is 0.0697. The van der Waals surface area contributed by atoms with Gasteiger partial charge in [-0.15, -0.1) is 0 Å². The summed E-state index contributed by atoms with van der Waals surface area (Å²) in [6.45, 7) is 6.37. The smallest absolute Gasteiger partial charge is 0.338 e. The van der Waals surface area contributed by atoms with E-state index >= 15 is 0 Å². The third-order valence-corrected chi connectivity index (χ3v) is 3.46. The second-order valence-electron chi connectivity index (χ2n) is 5.11. The van der Waals surface area contributed by atoms with E-state index in [1.807, 2.05) is 22.9 Å². The van der Waals surface area contributed by atoms with Crippen LogP contribution in [0.1, 0.15) is 41.3 Å². The highest BCUT2D eigenvalue weighted by molar-refractivity contribution is 6.04. The Hall–Kier alpha value is -1.81. The Bertz CT molecular complexity index is 626. The fourth-order valence-electron chi connectivity index (χ4n) is 2.54. The van der Waals surface area contributed by atoms with Gasteiger partial charge in [-0.1, -0.05) is 26.0 Å². The summed E-state index contributed by atoms with van der Waals surface area (Å²) in [5, 5.41) is 19.6. The largest absolute Gasteiger partial charge is 0.478 e. The standard InChI is InChI=1S/C15H19NO3/c1-9(2)12-8-16(6-7-17)14-11(12)5-4-10(3)13(14)15(18)19/h4-5,8-9,17H,6-7H2,1-3H3,(H,18,19). The second kappa shape index (κ2) is 5.05. The monoisotopic (exact) mass is 261 g/mol. The van der Waals surface area contributed by atoms with Crippen molar-refractivity contribution in [3.05, 3.63) is 35.0 Å². The van der Waals surface area contributed by atoms with Gasteiger partial charge in [0.2, 0.25) is 0 Å². The normalized spacial score (nSPS) is 11.4. The van der Waals surface area contributed by atoms with Crippen LogP contribution >= 0.6 is 0 Å².